The fourth-order valence-corrected chi connectivity index (χ4v) is 2.77. The number of aromatic nitrogens is 4. The number of hydrazone groups is 1. The molecule has 3 rings (SSSR count). The van der Waals surface area contributed by atoms with Crippen LogP contribution in [0, 0.1) is 0 Å². The first-order valence-electron chi connectivity index (χ1n) is 9.58. The van der Waals surface area contributed by atoms with Gasteiger partial charge in [-0.1, -0.05) is 20.4 Å². The van der Waals surface area contributed by atoms with Gasteiger partial charge in [-0.3, -0.25) is 9.56 Å². The van der Waals surface area contributed by atoms with E-state index in [1.165, 1.54) is 12.5 Å². The van der Waals surface area contributed by atoms with Gasteiger partial charge in [0.15, 0.2) is 17.0 Å². The topological polar surface area (TPSA) is 156 Å². The van der Waals surface area contributed by atoms with Crippen LogP contribution in [0.4, 0.5) is 11.8 Å². The average Bonchev–Trinajstić information content (AvgIpc) is 3.30. The van der Waals surface area contributed by atoms with Gasteiger partial charge < -0.3 is 20.7 Å². The van der Waals surface area contributed by atoms with Gasteiger partial charge in [0.25, 0.3) is 0 Å². The van der Waals surface area contributed by atoms with E-state index in [0.29, 0.717) is 17.1 Å². The van der Waals surface area contributed by atoms with Gasteiger partial charge in [0, 0.05) is 18.8 Å². The summed E-state index contributed by atoms with van der Waals surface area (Å²) in [7, 11) is 0. The van der Waals surface area contributed by atoms with E-state index < -0.39 is 18.4 Å². The highest BCUT2D eigenvalue weighted by Crippen LogP contribution is 2.34. The molecular formula is C19H28N8O3. The van der Waals surface area contributed by atoms with Crippen molar-refractivity contribution in [2.24, 2.45) is 10.1 Å². The predicted octanol–water partition coefficient (Wildman–Crippen LogP) is 1.63. The maximum atomic E-state index is 10.1. The molecule has 11 nitrogen and oxygen atoms in total. The van der Waals surface area contributed by atoms with Crippen molar-refractivity contribution in [3.63, 3.8) is 0 Å². The van der Waals surface area contributed by atoms with Crippen LogP contribution in [0.5, 0.6) is 0 Å². The first-order chi connectivity index (χ1) is 14.5. The summed E-state index contributed by atoms with van der Waals surface area (Å²) in [5.74, 6) is 0.534. The van der Waals surface area contributed by atoms with Gasteiger partial charge in [0.2, 0.25) is 5.95 Å². The number of aliphatic hydroxyl groups is 2. The number of nitrogens with one attached hydrogen (secondary N) is 1. The largest absolute Gasteiger partial charge is 0.394 e. The standard InChI is InChI=1S/C17H22N8O3.C2H6/c1-3-19-5-4-10(2)7-22-24-17-23-14-15(18)20-9-21-16(14)25(17)13-6-11(27)12(8-26)28-13;1-2/h3-5,7,9,11-13,26-27H,1,6,8H2,2H3,(H,23,24)(H2,18,20,21);1-2H3/b10-4+,19-5?,22-7+;/t11-,12?,13?;/m1./s1. The minimum atomic E-state index is -0.808. The van der Waals surface area contributed by atoms with E-state index >= 15 is 0 Å². The lowest BCUT2D eigenvalue weighted by Gasteiger charge is -2.16. The fraction of sp³-hybridized carbons (Fsp3) is 0.421. The van der Waals surface area contributed by atoms with E-state index in [9.17, 15) is 10.2 Å². The summed E-state index contributed by atoms with van der Waals surface area (Å²) in [6.07, 6.45) is 5.88. The Hall–Kier alpha value is -3.15. The van der Waals surface area contributed by atoms with Crippen molar-refractivity contribution in [3.8, 4) is 0 Å². The van der Waals surface area contributed by atoms with Gasteiger partial charge in [-0.15, -0.1) is 0 Å². The van der Waals surface area contributed by atoms with Crippen LogP contribution in [-0.4, -0.2) is 61.0 Å². The molecule has 2 unspecified atom stereocenters. The molecule has 3 heterocycles. The van der Waals surface area contributed by atoms with Crippen molar-refractivity contribution in [3.05, 3.63) is 30.8 Å². The molecule has 1 aliphatic heterocycles. The van der Waals surface area contributed by atoms with Gasteiger partial charge in [-0.05, 0) is 18.6 Å². The summed E-state index contributed by atoms with van der Waals surface area (Å²) in [6.45, 7) is 9.06. The summed E-state index contributed by atoms with van der Waals surface area (Å²) in [5, 5.41) is 23.6. The molecule has 0 saturated carbocycles. The molecule has 1 fully saturated rings. The number of rotatable bonds is 7. The van der Waals surface area contributed by atoms with Crippen molar-refractivity contribution < 1.29 is 14.9 Å². The summed E-state index contributed by atoms with van der Waals surface area (Å²) in [4.78, 5) is 16.5. The molecule has 162 valence electrons. The van der Waals surface area contributed by atoms with Crippen molar-refractivity contribution in [2.45, 2.75) is 45.6 Å². The SMILES string of the molecule is C=CN=C/C=C(C)/C=N/Nc1nc2c(N)ncnc2n1C1C[C@@H](O)C(CO)O1.CC. The number of allylic oxidation sites excluding steroid dienone is 2. The zero-order chi connectivity index (χ0) is 22.1. The molecule has 1 saturated heterocycles. The summed E-state index contributed by atoms with van der Waals surface area (Å²) < 4.78 is 7.38. The third-order valence-corrected chi connectivity index (χ3v) is 4.14. The third-order valence-electron chi connectivity index (χ3n) is 4.14. The second-order valence-corrected chi connectivity index (χ2v) is 6.11. The number of hydrogen-bond donors (Lipinski definition) is 4. The van der Waals surface area contributed by atoms with Crippen LogP contribution in [0.1, 0.15) is 33.4 Å². The second kappa shape index (κ2) is 11.1. The minimum Gasteiger partial charge on any atom is -0.394 e. The summed E-state index contributed by atoms with van der Waals surface area (Å²) in [6, 6.07) is 0. The molecule has 0 aliphatic carbocycles. The van der Waals surface area contributed by atoms with E-state index in [2.05, 4.69) is 37.1 Å². The maximum absolute atomic E-state index is 10.1. The van der Waals surface area contributed by atoms with Crippen LogP contribution in [0.15, 0.2) is 40.8 Å². The molecule has 0 aromatic carbocycles. The monoisotopic (exact) mass is 416 g/mol. The molecular weight excluding hydrogens is 388 g/mol. The molecule has 0 amide bonds. The van der Waals surface area contributed by atoms with Crippen molar-refractivity contribution >= 4 is 35.4 Å². The molecule has 2 aromatic heterocycles. The molecule has 5 N–H and O–H groups in total. The highest BCUT2D eigenvalue weighted by molar-refractivity contribution is 5.87. The maximum Gasteiger partial charge on any atom is 0.228 e. The predicted molar refractivity (Wildman–Crippen MR) is 117 cm³/mol. The highest BCUT2D eigenvalue weighted by atomic mass is 16.5. The van der Waals surface area contributed by atoms with E-state index in [1.807, 2.05) is 20.8 Å². The van der Waals surface area contributed by atoms with E-state index in [4.69, 9.17) is 10.5 Å². The van der Waals surface area contributed by atoms with E-state index in [1.54, 1.807) is 23.1 Å². The molecule has 2 aromatic rings. The third kappa shape index (κ3) is 5.26. The number of nitrogen functional groups attached to an aromatic ring is 1. The van der Waals surface area contributed by atoms with E-state index in [0.717, 1.165) is 5.57 Å². The Morgan fingerprint density at radius 2 is 2.23 bits per heavy atom. The van der Waals surface area contributed by atoms with Gasteiger partial charge in [0.1, 0.15) is 18.7 Å². The van der Waals surface area contributed by atoms with E-state index in [-0.39, 0.29) is 18.8 Å². The van der Waals surface area contributed by atoms with Crippen LogP contribution >= 0.6 is 0 Å². The molecule has 0 radical (unpaired) electrons. The Morgan fingerprint density at radius 1 is 1.47 bits per heavy atom. The van der Waals surface area contributed by atoms with Crippen LogP contribution in [0.2, 0.25) is 0 Å². The first kappa shape index (κ1) is 23.1. The number of anilines is 2. The zero-order valence-corrected chi connectivity index (χ0v) is 17.3. The van der Waals surface area contributed by atoms with Crippen molar-refractivity contribution in [1.29, 1.82) is 0 Å². The number of ether oxygens (including phenoxy) is 1. The molecule has 30 heavy (non-hydrogen) atoms. The molecule has 0 bridgehead atoms. The summed E-state index contributed by atoms with van der Waals surface area (Å²) >= 11 is 0. The number of fused-ring (bicyclic) bond motifs is 1. The first-order valence-corrected chi connectivity index (χ1v) is 9.58. The lowest BCUT2D eigenvalue weighted by molar-refractivity contribution is -0.0425. The Bertz CT molecular complexity index is 937. The minimum absolute atomic E-state index is 0.213. The molecule has 11 heteroatoms. The molecule has 3 atom stereocenters. The summed E-state index contributed by atoms with van der Waals surface area (Å²) in [5.41, 5.74) is 10.4. The molecule has 1 aliphatic rings. The van der Waals surface area contributed by atoms with Gasteiger partial charge in [0.05, 0.1) is 18.9 Å². The van der Waals surface area contributed by atoms with Crippen molar-refractivity contribution in [2.75, 3.05) is 17.8 Å². The van der Waals surface area contributed by atoms with Crippen LogP contribution in [0.3, 0.4) is 0 Å². The van der Waals surface area contributed by atoms with Crippen LogP contribution in [0.25, 0.3) is 11.2 Å². The number of aliphatic imine (C=N–C) groups is 1. The van der Waals surface area contributed by atoms with Crippen molar-refractivity contribution in [1.82, 2.24) is 19.5 Å². The highest BCUT2D eigenvalue weighted by Gasteiger charge is 2.36. The number of aliphatic hydroxyl groups excluding tert-OH is 2. The lowest BCUT2D eigenvalue weighted by atomic mass is 10.2. The zero-order valence-electron chi connectivity index (χ0n) is 17.3. The second-order valence-electron chi connectivity index (χ2n) is 6.11. The average molecular weight is 416 g/mol. The Kier molecular flexibility index (Phi) is 8.59. The normalized spacial score (nSPS) is 21.9. The van der Waals surface area contributed by atoms with Crippen LogP contribution < -0.4 is 11.2 Å². The number of nitrogens with zero attached hydrogens (tertiary/aromatic N) is 6. The fourth-order valence-electron chi connectivity index (χ4n) is 2.77. The molecule has 0 spiro atoms. The number of hydrogen-bond acceptors (Lipinski definition) is 10. The van der Waals surface area contributed by atoms with Gasteiger partial charge >= 0.3 is 0 Å². The van der Waals surface area contributed by atoms with Crippen LogP contribution in [-0.2, 0) is 4.74 Å². The number of nitrogens with two attached hydrogens (primary N) is 1. The Balaban J connectivity index is 0.00000155. The Labute approximate surface area is 174 Å². The lowest BCUT2D eigenvalue weighted by Crippen LogP contribution is -2.24. The Morgan fingerprint density at radius 3 is 2.90 bits per heavy atom. The quantitative estimate of drug-likeness (QED) is 0.392. The smallest absolute Gasteiger partial charge is 0.228 e. The van der Waals surface area contributed by atoms with Gasteiger partial charge in [-0.25, -0.2) is 20.4 Å². The number of imidazole rings is 1. The van der Waals surface area contributed by atoms with Gasteiger partial charge in [-0.2, -0.15) is 5.10 Å².